The second-order valence-corrected chi connectivity index (χ2v) is 6.41. The third kappa shape index (κ3) is 3.48. The van der Waals surface area contributed by atoms with Crippen LogP contribution in [0.1, 0.15) is 11.1 Å². The molecule has 0 spiro atoms. The van der Waals surface area contributed by atoms with Crippen molar-refractivity contribution in [2.24, 2.45) is 5.73 Å². The summed E-state index contributed by atoms with van der Waals surface area (Å²) in [4.78, 5) is 0.115. The van der Waals surface area contributed by atoms with Gasteiger partial charge >= 0.3 is 0 Å². The average molecular weight is 408 g/mol. The van der Waals surface area contributed by atoms with Gasteiger partial charge in [0.15, 0.2) is 5.82 Å². The summed E-state index contributed by atoms with van der Waals surface area (Å²) in [5.74, 6) is -0.506. The Balaban J connectivity index is 2.43. The minimum absolute atomic E-state index is 0.115. The third-order valence-electron chi connectivity index (χ3n) is 2.87. The standard InChI is InChI=1S/C14H10BrCl2FN2S/c1-6-4-9(17)11(5-8(6)16)20-10-3-2-7(14(19)21)12(15)13(10)18/h2-5,20H,1H3,(H2,19,21). The van der Waals surface area contributed by atoms with Crippen LogP contribution >= 0.6 is 51.3 Å². The minimum atomic E-state index is -0.506. The predicted molar refractivity (Wildman–Crippen MR) is 94.5 cm³/mol. The van der Waals surface area contributed by atoms with Gasteiger partial charge < -0.3 is 11.1 Å². The van der Waals surface area contributed by atoms with E-state index in [9.17, 15) is 4.39 Å². The Morgan fingerprint density at radius 3 is 2.52 bits per heavy atom. The largest absolute Gasteiger partial charge is 0.389 e. The topological polar surface area (TPSA) is 38.0 Å². The number of thiocarbonyl (C=S) groups is 1. The summed E-state index contributed by atoms with van der Waals surface area (Å²) in [6, 6.07) is 6.52. The highest BCUT2D eigenvalue weighted by Crippen LogP contribution is 2.34. The van der Waals surface area contributed by atoms with Gasteiger partial charge in [0.2, 0.25) is 0 Å². The summed E-state index contributed by atoms with van der Waals surface area (Å²) in [7, 11) is 0. The van der Waals surface area contributed by atoms with E-state index in [1.54, 1.807) is 24.3 Å². The molecule has 110 valence electrons. The van der Waals surface area contributed by atoms with Crippen LogP contribution in [0.4, 0.5) is 15.8 Å². The highest BCUT2D eigenvalue weighted by atomic mass is 79.9. The minimum Gasteiger partial charge on any atom is -0.389 e. The van der Waals surface area contributed by atoms with Crippen molar-refractivity contribution in [1.82, 2.24) is 0 Å². The van der Waals surface area contributed by atoms with Crippen molar-refractivity contribution in [2.75, 3.05) is 5.32 Å². The second-order valence-electron chi connectivity index (χ2n) is 4.36. The molecule has 0 saturated carbocycles. The molecular formula is C14H10BrCl2FN2S. The van der Waals surface area contributed by atoms with Gasteiger partial charge in [-0.3, -0.25) is 0 Å². The van der Waals surface area contributed by atoms with E-state index in [0.29, 0.717) is 21.3 Å². The fourth-order valence-corrected chi connectivity index (χ4v) is 3.01. The lowest BCUT2D eigenvalue weighted by Gasteiger charge is -2.13. The number of hydrogen-bond acceptors (Lipinski definition) is 2. The molecule has 0 atom stereocenters. The molecule has 7 heteroatoms. The Bertz CT molecular complexity index is 737. The maximum absolute atomic E-state index is 14.3. The van der Waals surface area contributed by atoms with Crippen LogP contribution in [0.15, 0.2) is 28.7 Å². The molecule has 2 rings (SSSR count). The van der Waals surface area contributed by atoms with Crippen LogP contribution in [0.5, 0.6) is 0 Å². The summed E-state index contributed by atoms with van der Waals surface area (Å²) < 4.78 is 14.5. The molecule has 0 aliphatic heterocycles. The molecule has 0 aromatic heterocycles. The zero-order valence-electron chi connectivity index (χ0n) is 10.8. The van der Waals surface area contributed by atoms with Crippen LogP contribution in [0.2, 0.25) is 10.0 Å². The molecule has 0 amide bonds. The first-order chi connectivity index (χ1) is 9.81. The highest BCUT2D eigenvalue weighted by molar-refractivity contribution is 9.10. The Morgan fingerprint density at radius 1 is 1.24 bits per heavy atom. The van der Waals surface area contributed by atoms with Crippen molar-refractivity contribution in [3.05, 3.63) is 55.7 Å². The molecule has 0 radical (unpaired) electrons. The summed E-state index contributed by atoms with van der Waals surface area (Å²) in [5.41, 5.74) is 7.55. The fraction of sp³-hybridized carbons (Fsp3) is 0.0714. The normalized spacial score (nSPS) is 10.5. The van der Waals surface area contributed by atoms with Gasteiger partial charge in [-0.2, -0.15) is 0 Å². The predicted octanol–water partition coefficient (Wildman–Crippen LogP) is 5.58. The van der Waals surface area contributed by atoms with Crippen LogP contribution in [0.25, 0.3) is 0 Å². The first-order valence-electron chi connectivity index (χ1n) is 5.81. The van der Waals surface area contributed by atoms with E-state index >= 15 is 0 Å². The van der Waals surface area contributed by atoms with Gasteiger partial charge in [-0.05, 0) is 52.7 Å². The van der Waals surface area contributed by atoms with Gasteiger partial charge in [0.05, 0.1) is 20.9 Å². The monoisotopic (exact) mass is 406 g/mol. The zero-order chi connectivity index (χ0) is 15.7. The van der Waals surface area contributed by atoms with Crippen LogP contribution in [-0.4, -0.2) is 4.99 Å². The number of rotatable bonds is 3. The van der Waals surface area contributed by atoms with Crippen molar-refractivity contribution in [2.45, 2.75) is 6.92 Å². The number of hydrogen-bond donors (Lipinski definition) is 2. The van der Waals surface area contributed by atoms with Gasteiger partial charge in [-0.15, -0.1) is 0 Å². The lowest BCUT2D eigenvalue weighted by atomic mass is 10.1. The average Bonchev–Trinajstić information content (AvgIpc) is 2.40. The quantitative estimate of drug-likeness (QED) is 0.652. The van der Waals surface area contributed by atoms with Crippen LogP contribution in [-0.2, 0) is 0 Å². The third-order valence-corrected chi connectivity index (χ3v) is 4.58. The van der Waals surface area contributed by atoms with Gasteiger partial charge in [0, 0.05) is 10.6 Å². The first-order valence-corrected chi connectivity index (χ1v) is 7.77. The van der Waals surface area contributed by atoms with Crippen LogP contribution in [0, 0.1) is 12.7 Å². The lowest BCUT2D eigenvalue weighted by molar-refractivity contribution is 0.625. The van der Waals surface area contributed by atoms with E-state index < -0.39 is 5.82 Å². The molecule has 0 heterocycles. The molecular weight excluding hydrogens is 398 g/mol. The van der Waals surface area contributed by atoms with Crippen molar-refractivity contribution in [3.8, 4) is 0 Å². The first kappa shape index (κ1) is 16.5. The Labute approximate surface area is 145 Å². The van der Waals surface area contributed by atoms with Crippen molar-refractivity contribution in [1.29, 1.82) is 0 Å². The fourth-order valence-electron chi connectivity index (χ4n) is 1.72. The molecule has 2 aromatic rings. The summed E-state index contributed by atoms with van der Waals surface area (Å²) in [6.45, 7) is 1.84. The van der Waals surface area contributed by atoms with Crippen LogP contribution < -0.4 is 11.1 Å². The highest BCUT2D eigenvalue weighted by Gasteiger charge is 2.14. The molecule has 0 fully saturated rings. The zero-order valence-corrected chi connectivity index (χ0v) is 14.7. The second kappa shape index (κ2) is 6.48. The van der Waals surface area contributed by atoms with Crippen LogP contribution in [0.3, 0.4) is 0 Å². The van der Waals surface area contributed by atoms with E-state index in [1.807, 2.05) is 6.92 Å². The number of nitrogens with one attached hydrogen (secondary N) is 1. The van der Waals surface area contributed by atoms with Crippen molar-refractivity contribution >= 4 is 67.7 Å². The van der Waals surface area contributed by atoms with E-state index in [2.05, 4.69) is 21.2 Å². The molecule has 0 aliphatic carbocycles. The number of nitrogens with two attached hydrogens (primary N) is 1. The van der Waals surface area contributed by atoms with E-state index in [-0.39, 0.29) is 15.1 Å². The molecule has 2 aromatic carbocycles. The number of aryl methyl sites for hydroxylation is 1. The molecule has 21 heavy (non-hydrogen) atoms. The molecule has 2 nitrogen and oxygen atoms in total. The van der Waals surface area contributed by atoms with Gasteiger partial charge in [0.25, 0.3) is 0 Å². The number of benzene rings is 2. The molecule has 3 N–H and O–H groups in total. The summed E-state index contributed by atoms with van der Waals surface area (Å²) in [6.07, 6.45) is 0. The maximum Gasteiger partial charge on any atom is 0.161 e. The van der Waals surface area contributed by atoms with Gasteiger partial charge in [-0.25, -0.2) is 4.39 Å². The SMILES string of the molecule is Cc1cc(Cl)c(Nc2ccc(C(N)=S)c(Br)c2F)cc1Cl. The van der Waals surface area contributed by atoms with Gasteiger partial charge in [-0.1, -0.05) is 35.4 Å². The lowest BCUT2D eigenvalue weighted by Crippen LogP contribution is -2.11. The van der Waals surface area contributed by atoms with E-state index in [4.69, 9.17) is 41.2 Å². The Kier molecular flexibility index (Phi) is 5.09. The molecule has 0 unspecified atom stereocenters. The van der Waals surface area contributed by atoms with E-state index in [1.165, 1.54) is 0 Å². The number of halogens is 4. The Hall–Kier alpha value is -0.880. The van der Waals surface area contributed by atoms with Crippen molar-refractivity contribution in [3.63, 3.8) is 0 Å². The smallest absolute Gasteiger partial charge is 0.161 e. The number of anilines is 2. The maximum atomic E-state index is 14.3. The van der Waals surface area contributed by atoms with E-state index in [0.717, 1.165) is 5.56 Å². The van der Waals surface area contributed by atoms with Crippen molar-refractivity contribution < 1.29 is 4.39 Å². The molecule has 0 saturated heterocycles. The van der Waals surface area contributed by atoms with Gasteiger partial charge in [0.1, 0.15) is 4.99 Å². The Morgan fingerprint density at radius 2 is 1.90 bits per heavy atom. The molecule has 0 aliphatic rings. The summed E-state index contributed by atoms with van der Waals surface area (Å²) in [5, 5.41) is 3.90. The summed E-state index contributed by atoms with van der Waals surface area (Å²) >= 11 is 20.2. The molecule has 0 bridgehead atoms.